The van der Waals surface area contributed by atoms with Crippen molar-refractivity contribution in [2.24, 2.45) is 11.8 Å². The van der Waals surface area contributed by atoms with Crippen molar-refractivity contribution in [2.75, 3.05) is 26.2 Å². The minimum atomic E-state index is -0.780. The van der Waals surface area contributed by atoms with Crippen molar-refractivity contribution in [1.82, 2.24) is 15.1 Å². The highest BCUT2D eigenvalue weighted by Crippen LogP contribution is 2.29. The summed E-state index contributed by atoms with van der Waals surface area (Å²) in [6, 6.07) is 0.632. The van der Waals surface area contributed by atoms with Crippen LogP contribution in [0.1, 0.15) is 52.9 Å². The topological polar surface area (TPSA) is 72.9 Å². The fourth-order valence-electron chi connectivity index (χ4n) is 4.05. The number of amides is 2. The van der Waals surface area contributed by atoms with Crippen LogP contribution < -0.4 is 5.32 Å². The molecule has 2 amide bonds. The van der Waals surface area contributed by atoms with E-state index < -0.39 is 5.97 Å². The van der Waals surface area contributed by atoms with Gasteiger partial charge in [-0.2, -0.15) is 0 Å². The molecule has 0 aromatic heterocycles. The van der Waals surface area contributed by atoms with E-state index in [4.69, 9.17) is 5.11 Å². The van der Waals surface area contributed by atoms with Crippen LogP contribution in [0.4, 0.5) is 4.79 Å². The molecule has 1 aliphatic heterocycles. The second-order valence-corrected chi connectivity index (χ2v) is 7.59. The number of nitrogens with zero attached hydrogens (tertiary/aromatic N) is 2. The molecule has 0 spiro atoms. The first-order valence-corrected chi connectivity index (χ1v) is 9.42. The van der Waals surface area contributed by atoms with E-state index >= 15 is 0 Å². The zero-order chi connectivity index (χ0) is 17.7. The van der Waals surface area contributed by atoms with Crippen LogP contribution in [-0.4, -0.2) is 65.2 Å². The van der Waals surface area contributed by atoms with Crippen molar-refractivity contribution in [1.29, 1.82) is 0 Å². The lowest BCUT2D eigenvalue weighted by molar-refractivity contribution is -0.139. The monoisotopic (exact) mass is 339 g/mol. The maximum absolute atomic E-state index is 12.5. The molecule has 24 heavy (non-hydrogen) atoms. The van der Waals surface area contributed by atoms with Gasteiger partial charge in [-0.3, -0.25) is 9.69 Å². The molecule has 1 aliphatic carbocycles. The van der Waals surface area contributed by atoms with Crippen molar-refractivity contribution >= 4 is 12.0 Å². The van der Waals surface area contributed by atoms with Gasteiger partial charge in [0, 0.05) is 25.2 Å². The number of likely N-dealkylation sites (tertiary alicyclic amines) is 1. The van der Waals surface area contributed by atoms with Crippen LogP contribution in [0.25, 0.3) is 0 Å². The number of carbonyl (C=O) groups is 2. The number of carboxylic acids is 1. The van der Waals surface area contributed by atoms with Gasteiger partial charge >= 0.3 is 12.0 Å². The first-order chi connectivity index (χ1) is 11.4. The highest BCUT2D eigenvalue weighted by atomic mass is 16.4. The fraction of sp³-hybridized carbons (Fsp3) is 0.889. The Hall–Kier alpha value is -1.30. The number of piperidine rings is 1. The average Bonchev–Trinajstić information content (AvgIpc) is 2.56. The number of nitrogens with one attached hydrogen (secondary N) is 1. The van der Waals surface area contributed by atoms with E-state index in [1.807, 2.05) is 16.7 Å². The van der Waals surface area contributed by atoms with E-state index in [2.05, 4.69) is 19.2 Å². The van der Waals surface area contributed by atoms with Crippen LogP contribution in [-0.2, 0) is 4.79 Å². The Balaban J connectivity index is 1.77. The second-order valence-electron chi connectivity index (χ2n) is 7.59. The Bertz CT molecular complexity index is 435. The molecule has 6 heteroatoms. The summed E-state index contributed by atoms with van der Waals surface area (Å²) in [4.78, 5) is 27.3. The number of urea groups is 1. The van der Waals surface area contributed by atoms with E-state index in [-0.39, 0.29) is 18.6 Å². The van der Waals surface area contributed by atoms with Crippen LogP contribution in [0, 0.1) is 11.8 Å². The number of aliphatic carboxylic acids is 1. The Morgan fingerprint density at radius 1 is 1.12 bits per heavy atom. The van der Waals surface area contributed by atoms with Crippen molar-refractivity contribution < 1.29 is 14.7 Å². The fourth-order valence-corrected chi connectivity index (χ4v) is 4.05. The summed E-state index contributed by atoms with van der Waals surface area (Å²) in [5.74, 6) is 0.643. The van der Waals surface area contributed by atoms with Crippen LogP contribution in [0.5, 0.6) is 0 Å². The molecule has 3 atom stereocenters. The number of hydrogen-bond acceptors (Lipinski definition) is 3. The molecule has 2 fully saturated rings. The maximum atomic E-state index is 12.5. The van der Waals surface area contributed by atoms with Crippen LogP contribution in [0.2, 0.25) is 0 Å². The van der Waals surface area contributed by atoms with Gasteiger partial charge in [-0.05, 0) is 50.5 Å². The third kappa shape index (κ3) is 5.10. The zero-order valence-electron chi connectivity index (χ0n) is 15.3. The van der Waals surface area contributed by atoms with Gasteiger partial charge in [-0.25, -0.2) is 4.79 Å². The molecule has 2 rings (SSSR count). The molecule has 2 aliphatic rings. The predicted octanol–water partition coefficient (Wildman–Crippen LogP) is 2.39. The third-order valence-electron chi connectivity index (χ3n) is 5.94. The summed E-state index contributed by atoms with van der Waals surface area (Å²) in [5.41, 5.74) is 0. The molecule has 2 N–H and O–H groups in total. The van der Waals surface area contributed by atoms with E-state index in [0.717, 1.165) is 38.1 Å². The van der Waals surface area contributed by atoms with Gasteiger partial charge in [0.15, 0.2) is 0 Å². The third-order valence-corrected chi connectivity index (χ3v) is 5.94. The van der Waals surface area contributed by atoms with E-state index in [9.17, 15) is 9.59 Å². The largest absolute Gasteiger partial charge is 0.480 e. The average molecular weight is 339 g/mol. The smallest absolute Gasteiger partial charge is 0.317 e. The van der Waals surface area contributed by atoms with Crippen molar-refractivity contribution in [2.45, 2.75) is 65.0 Å². The summed E-state index contributed by atoms with van der Waals surface area (Å²) in [6.45, 7) is 8.82. The Kier molecular flexibility index (Phi) is 6.90. The van der Waals surface area contributed by atoms with Gasteiger partial charge < -0.3 is 15.3 Å². The summed E-state index contributed by atoms with van der Waals surface area (Å²) in [7, 11) is 0. The van der Waals surface area contributed by atoms with Gasteiger partial charge in [0.2, 0.25) is 0 Å². The van der Waals surface area contributed by atoms with E-state index in [1.165, 1.54) is 6.42 Å². The van der Waals surface area contributed by atoms with Crippen molar-refractivity contribution in [3.05, 3.63) is 0 Å². The summed E-state index contributed by atoms with van der Waals surface area (Å²) < 4.78 is 0. The number of likely N-dealkylation sites (N-methyl/N-ethyl adjacent to an activating group) is 1. The van der Waals surface area contributed by atoms with Crippen LogP contribution in [0.3, 0.4) is 0 Å². The predicted molar refractivity (Wildman–Crippen MR) is 94.0 cm³/mol. The van der Waals surface area contributed by atoms with Gasteiger partial charge in [0.05, 0.1) is 6.54 Å². The zero-order valence-corrected chi connectivity index (χ0v) is 15.3. The first kappa shape index (κ1) is 19.0. The number of hydrogen-bond donors (Lipinski definition) is 2. The molecule has 0 aromatic carbocycles. The minimum Gasteiger partial charge on any atom is -0.480 e. The highest BCUT2D eigenvalue weighted by molar-refractivity contribution is 5.74. The molecular formula is C18H33N3O3. The van der Waals surface area contributed by atoms with Gasteiger partial charge in [-0.15, -0.1) is 0 Å². The lowest BCUT2D eigenvalue weighted by Gasteiger charge is -2.39. The Morgan fingerprint density at radius 3 is 2.33 bits per heavy atom. The quantitative estimate of drug-likeness (QED) is 0.807. The van der Waals surface area contributed by atoms with Gasteiger partial charge in [-0.1, -0.05) is 20.8 Å². The number of rotatable bonds is 5. The normalized spacial score (nSPS) is 28.8. The number of carboxylic acid groups (broad SMARTS) is 1. The molecule has 0 radical (unpaired) electrons. The Labute approximate surface area is 145 Å². The van der Waals surface area contributed by atoms with Crippen LogP contribution >= 0.6 is 0 Å². The second kappa shape index (κ2) is 8.70. The molecule has 3 unspecified atom stereocenters. The van der Waals surface area contributed by atoms with Crippen molar-refractivity contribution in [3.8, 4) is 0 Å². The number of carbonyl (C=O) groups excluding carboxylic acids is 1. The maximum Gasteiger partial charge on any atom is 0.317 e. The standard InChI is InChI=1S/C18H33N3O3/c1-4-20(12-17(22)23)16-7-9-21(10-8-16)18(24)19-15-6-5-13(2)14(3)11-15/h13-16H,4-12H2,1-3H3,(H,19,24)(H,22,23). The highest BCUT2D eigenvalue weighted by Gasteiger charge is 2.30. The molecule has 138 valence electrons. The van der Waals surface area contributed by atoms with E-state index in [1.54, 1.807) is 0 Å². The Morgan fingerprint density at radius 2 is 1.79 bits per heavy atom. The van der Waals surface area contributed by atoms with Gasteiger partial charge in [0.25, 0.3) is 0 Å². The minimum absolute atomic E-state index is 0.0569. The van der Waals surface area contributed by atoms with E-state index in [0.29, 0.717) is 25.0 Å². The lowest BCUT2D eigenvalue weighted by atomic mass is 9.79. The molecule has 1 saturated carbocycles. The summed E-state index contributed by atoms with van der Waals surface area (Å²) in [5, 5.41) is 12.2. The summed E-state index contributed by atoms with van der Waals surface area (Å²) in [6.07, 6.45) is 5.05. The SMILES string of the molecule is CCN(CC(=O)O)C1CCN(C(=O)NC2CCC(C)C(C)C2)CC1. The molecule has 1 heterocycles. The van der Waals surface area contributed by atoms with Gasteiger partial charge in [0.1, 0.15) is 0 Å². The van der Waals surface area contributed by atoms with Crippen molar-refractivity contribution in [3.63, 3.8) is 0 Å². The molecule has 6 nitrogen and oxygen atoms in total. The molecule has 0 aromatic rings. The molecule has 0 bridgehead atoms. The lowest BCUT2D eigenvalue weighted by Crippen LogP contribution is -2.52. The molecule has 1 saturated heterocycles. The first-order valence-electron chi connectivity index (χ1n) is 9.42. The molecular weight excluding hydrogens is 306 g/mol. The van der Waals surface area contributed by atoms with Crippen LogP contribution in [0.15, 0.2) is 0 Å². The summed E-state index contributed by atoms with van der Waals surface area (Å²) >= 11 is 0.